The van der Waals surface area contributed by atoms with Crippen molar-refractivity contribution in [2.75, 3.05) is 7.11 Å². The third kappa shape index (κ3) is 4.32. The van der Waals surface area contributed by atoms with Gasteiger partial charge in [-0.1, -0.05) is 50.9 Å². The van der Waals surface area contributed by atoms with E-state index >= 15 is 0 Å². The van der Waals surface area contributed by atoms with Crippen molar-refractivity contribution < 1.29 is 19.1 Å². The second kappa shape index (κ2) is 10.1. The Morgan fingerprint density at radius 3 is 2.19 bits per heavy atom. The molecule has 2 aromatic carbocycles. The quantitative estimate of drug-likeness (QED) is 0.498. The van der Waals surface area contributed by atoms with E-state index in [0.717, 1.165) is 0 Å². The number of fused-ring (bicyclic) bond motifs is 1. The summed E-state index contributed by atoms with van der Waals surface area (Å²) in [7, 11) is 1.55. The number of ether oxygens (including phenoxy) is 1. The number of hydrogen-bond donors (Lipinski definition) is 1. The smallest absolute Gasteiger partial charge is 0.196 e. The highest BCUT2D eigenvalue weighted by molar-refractivity contribution is 6.42. The summed E-state index contributed by atoms with van der Waals surface area (Å²) in [6.07, 6.45) is 1.30. The minimum atomic E-state index is -0.277. The molecule has 1 aromatic heterocycles. The van der Waals surface area contributed by atoms with Gasteiger partial charge in [-0.3, -0.25) is 4.79 Å². The maximum Gasteiger partial charge on any atom is 0.196 e. The van der Waals surface area contributed by atoms with Crippen LogP contribution in [0.1, 0.15) is 43.6 Å². The van der Waals surface area contributed by atoms with Crippen LogP contribution in [0.2, 0.25) is 10.0 Å². The van der Waals surface area contributed by atoms with Crippen molar-refractivity contribution in [2.24, 2.45) is 0 Å². The Balaban J connectivity index is 0.000000791. The number of hydrogen-bond acceptors (Lipinski definition) is 4. The number of rotatable bonds is 3. The fraction of sp³-hybridized carbons (Fsp3) is 0.250. The van der Waals surface area contributed by atoms with Gasteiger partial charge in [-0.05, 0) is 24.3 Å². The highest BCUT2D eigenvalue weighted by Gasteiger charge is 2.21. The predicted octanol–water partition coefficient (Wildman–Crippen LogP) is 6.74. The van der Waals surface area contributed by atoms with E-state index in [4.69, 9.17) is 32.4 Å². The topological polar surface area (TPSA) is 59.7 Å². The van der Waals surface area contributed by atoms with Crippen LogP contribution in [0.3, 0.4) is 0 Å². The van der Waals surface area contributed by atoms with E-state index in [9.17, 15) is 9.90 Å². The Bertz CT molecular complexity index is 868. The van der Waals surface area contributed by atoms with Gasteiger partial charge in [0, 0.05) is 11.6 Å². The van der Waals surface area contributed by atoms with Gasteiger partial charge in [0.2, 0.25) is 0 Å². The number of carbonyl (C=O) groups excluding carboxylic acids is 1. The first-order valence-corrected chi connectivity index (χ1v) is 9.05. The number of halogens is 2. The second-order valence-corrected chi connectivity index (χ2v) is 5.39. The van der Waals surface area contributed by atoms with Gasteiger partial charge in [0.05, 0.1) is 28.1 Å². The molecule has 0 atom stereocenters. The Morgan fingerprint density at radius 1 is 1.08 bits per heavy atom. The van der Waals surface area contributed by atoms with Crippen LogP contribution < -0.4 is 4.74 Å². The molecule has 1 heterocycles. The molecule has 0 aliphatic heterocycles. The van der Waals surface area contributed by atoms with E-state index in [1.165, 1.54) is 12.3 Å². The summed E-state index contributed by atoms with van der Waals surface area (Å²) in [6.45, 7) is 8.00. The minimum Gasteiger partial charge on any atom is -0.505 e. The molecule has 26 heavy (non-hydrogen) atoms. The average Bonchev–Trinajstić information content (AvgIpc) is 3.12. The van der Waals surface area contributed by atoms with E-state index in [-0.39, 0.29) is 27.1 Å². The second-order valence-electron chi connectivity index (χ2n) is 4.60. The number of carbonyl (C=O) groups is 1. The Morgan fingerprint density at radius 2 is 1.65 bits per heavy atom. The summed E-state index contributed by atoms with van der Waals surface area (Å²) in [4.78, 5) is 12.6. The summed E-state index contributed by atoms with van der Waals surface area (Å²) in [5, 5.41) is 10.2. The largest absolute Gasteiger partial charge is 0.505 e. The van der Waals surface area contributed by atoms with Crippen LogP contribution in [0.15, 0.2) is 41.0 Å². The van der Waals surface area contributed by atoms with Crippen molar-refractivity contribution >= 4 is 40.0 Å². The Labute approximate surface area is 163 Å². The van der Waals surface area contributed by atoms with Crippen molar-refractivity contribution in [3.05, 3.63) is 57.8 Å². The van der Waals surface area contributed by atoms with Gasteiger partial charge in [0.15, 0.2) is 11.5 Å². The van der Waals surface area contributed by atoms with Gasteiger partial charge in [-0.2, -0.15) is 0 Å². The number of aromatic hydroxyl groups is 1. The van der Waals surface area contributed by atoms with Crippen LogP contribution in [0.25, 0.3) is 11.0 Å². The van der Waals surface area contributed by atoms with E-state index in [0.29, 0.717) is 22.3 Å². The molecule has 3 rings (SSSR count). The number of furan rings is 1. The summed E-state index contributed by atoms with van der Waals surface area (Å²) in [5.41, 5.74) is 1.05. The van der Waals surface area contributed by atoms with Crippen LogP contribution in [0.5, 0.6) is 11.5 Å². The number of ketones is 1. The number of methoxy groups -OCH3 is 1. The van der Waals surface area contributed by atoms with Crippen LogP contribution >= 0.6 is 23.2 Å². The first-order chi connectivity index (χ1) is 12.5. The highest BCUT2D eigenvalue weighted by Crippen LogP contribution is 2.41. The zero-order chi connectivity index (χ0) is 19.9. The molecule has 1 N–H and O–H groups in total. The first kappa shape index (κ1) is 21.9. The Kier molecular flexibility index (Phi) is 8.49. The maximum absolute atomic E-state index is 12.6. The van der Waals surface area contributed by atoms with E-state index < -0.39 is 0 Å². The number of phenols is 1. The van der Waals surface area contributed by atoms with Crippen LogP contribution in [0.4, 0.5) is 0 Å². The fourth-order valence-electron chi connectivity index (χ4n) is 2.18. The van der Waals surface area contributed by atoms with Crippen LogP contribution in [-0.4, -0.2) is 18.0 Å². The van der Waals surface area contributed by atoms with Crippen LogP contribution in [-0.2, 0) is 0 Å². The fourth-order valence-corrected chi connectivity index (χ4v) is 2.72. The van der Waals surface area contributed by atoms with Gasteiger partial charge < -0.3 is 14.3 Å². The van der Waals surface area contributed by atoms with Gasteiger partial charge in [-0.15, -0.1) is 0 Å². The van der Waals surface area contributed by atoms with Gasteiger partial charge >= 0.3 is 0 Å². The lowest BCUT2D eigenvalue weighted by Crippen LogP contribution is -2.00. The zero-order valence-corrected chi connectivity index (χ0v) is 16.9. The molecule has 140 valence electrons. The molecule has 6 heteroatoms. The molecule has 3 aromatic rings. The van der Waals surface area contributed by atoms with Crippen molar-refractivity contribution in [1.82, 2.24) is 0 Å². The summed E-state index contributed by atoms with van der Waals surface area (Å²) in [5.74, 6) is 0.0992. The van der Waals surface area contributed by atoms with Gasteiger partial charge in [-0.25, -0.2) is 0 Å². The predicted molar refractivity (Wildman–Crippen MR) is 107 cm³/mol. The first-order valence-electron chi connectivity index (χ1n) is 8.30. The summed E-state index contributed by atoms with van der Waals surface area (Å²) < 4.78 is 10.4. The molecular formula is C20H22Cl2O4. The van der Waals surface area contributed by atoms with Crippen molar-refractivity contribution in [3.8, 4) is 11.5 Å². The molecule has 0 radical (unpaired) electrons. The summed E-state index contributed by atoms with van der Waals surface area (Å²) in [6, 6.07) is 8.08. The average molecular weight is 397 g/mol. The third-order valence-electron chi connectivity index (χ3n) is 3.33. The molecular weight excluding hydrogens is 375 g/mol. The third-order valence-corrected chi connectivity index (χ3v) is 3.98. The number of benzene rings is 2. The standard InChI is InChI=1S/C16H10Cl2O4.2C2H6/c1-21-9-4-2-8(3-5-9)15(19)10-7-22-12-6-11(17)16(20)14(18)13(10)12;2*1-2/h2-7,20H,1H3;2*1-2H3. The maximum atomic E-state index is 12.6. The normalized spacial score (nSPS) is 9.65. The zero-order valence-electron chi connectivity index (χ0n) is 15.4. The van der Waals surface area contributed by atoms with Crippen LogP contribution in [0, 0.1) is 0 Å². The molecule has 0 fully saturated rings. The molecule has 0 spiro atoms. The van der Waals surface area contributed by atoms with E-state index in [1.807, 2.05) is 27.7 Å². The molecule has 0 aliphatic rings. The molecule has 0 saturated carbocycles. The van der Waals surface area contributed by atoms with Gasteiger partial charge in [0.25, 0.3) is 0 Å². The van der Waals surface area contributed by atoms with E-state index in [2.05, 4.69) is 0 Å². The molecule has 0 saturated heterocycles. The lowest BCUT2D eigenvalue weighted by atomic mass is 10.0. The van der Waals surface area contributed by atoms with Crippen molar-refractivity contribution in [3.63, 3.8) is 0 Å². The lowest BCUT2D eigenvalue weighted by Gasteiger charge is -2.04. The van der Waals surface area contributed by atoms with Gasteiger partial charge in [0.1, 0.15) is 17.6 Å². The molecule has 0 aliphatic carbocycles. The number of phenolic OH excluding ortho intramolecular Hbond substituents is 1. The Hall–Kier alpha value is -2.17. The molecule has 0 bridgehead atoms. The monoisotopic (exact) mass is 396 g/mol. The minimum absolute atomic E-state index is 0.00638. The molecule has 0 amide bonds. The molecule has 4 nitrogen and oxygen atoms in total. The summed E-state index contributed by atoms with van der Waals surface area (Å²) >= 11 is 11.9. The van der Waals surface area contributed by atoms with Crippen molar-refractivity contribution in [2.45, 2.75) is 27.7 Å². The van der Waals surface area contributed by atoms with Crippen molar-refractivity contribution in [1.29, 1.82) is 0 Å². The van der Waals surface area contributed by atoms with E-state index in [1.54, 1.807) is 31.4 Å². The lowest BCUT2D eigenvalue weighted by molar-refractivity contribution is 0.103. The highest BCUT2D eigenvalue weighted by atomic mass is 35.5. The SMILES string of the molecule is CC.CC.COc1ccc(C(=O)c2coc3cc(Cl)c(O)c(Cl)c23)cc1. The molecule has 0 unspecified atom stereocenters.